The van der Waals surface area contributed by atoms with Crippen molar-refractivity contribution in [2.45, 2.75) is 0 Å². The van der Waals surface area contributed by atoms with Gasteiger partial charge in [-0.1, -0.05) is 36.4 Å². The second kappa shape index (κ2) is 6.12. The number of nitrogens with zero attached hydrogens (tertiary/aromatic N) is 2. The molecule has 0 spiro atoms. The summed E-state index contributed by atoms with van der Waals surface area (Å²) in [5.41, 5.74) is 2.75. The molecule has 110 valence electrons. The molecule has 0 unspecified atom stereocenters. The molecule has 3 aromatic rings. The van der Waals surface area contributed by atoms with Crippen molar-refractivity contribution in [3.63, 3.8) is 0 Å². The summed E-state index contributed by atoms with van der Waals surface area (Å²) in [6, 6.07) is 17.7. The summed E-state index contributed by atoms with van der Waals surface area (Å²) in [4.78, 5) is 15.8. The molecule has 3 rings (SSSR count). The van der Waals surface area contributed by atoms with E-state index in [9.17, 15) is 9.90 Å². The van der Waals surface area contributed by atoms with E-state index in [1.807, 2.05) is 24.3 Å². The molecule has 0 aliphatic heterocycles. The van der Waals surface area contributed by atoms with Crippen molar-refractivity contribution in [3.8, 4) is 6.07 Å². The van der Waals surface area contributed by atoms with E-state index in [-0.39, 0.29) is 5.56 Å². The number of pyridine rings is 1. The maximum absolute atomic E-state index is 11.3. The molecule has 0 radical (unpaired) electrons. The molecular weight excluding hydrogens is 288 g/mol. The van der Waals surface area contributed by atoms with Crippen molar-refractivity contribution in [3.05, 3.63) is 77.0 Å². The minimum atomic E-state index is -1.23. The molecule has 0 aliphatic rings. The van der Waals surface area contributed by atoms with Crippen LogP contribution < -0.4 is 5.11 Å². The first-order chi connectivity index (χ1) is 11.2. The number of nitriles is 1. The van der Waals surface area contributed by atoms with E-state index >= 15 is 0 Å². The standard InChI is InChI=1S/C19H12N2O2/c20-12-14-7-5-13(6-8-14)9-10-15-11-17(19(22)23)16-3-1-2-4-18(16)21-15/h1-11H,(H,22,23)/p-1/b10-9+. The first-order valence-corrected chi connectivity index (χ1v) is 6.97. The lowest BCUT2D eigenvalue weighted by atomic mass is 10.1. The van der Waals surface area contributed by atoms with Gasteiger partial charge in [0.15, 0.2) is 0 Å². The van der Waals surface area contributed by atoms with Crippen molar-refractivity contribution in [2.24, 2.45) is 0 Å². The molecule has 0 saturated heterocycles. The Morgan fingerprint density at radius 2 is 1.83 bits per heavy atom. The van der Waals surface area contributed by atoms with Gasteiger partial charge in [-0.3, -0.25) is 0 Å². The largest absolute Gasteiger partial charge is 0.545 e. The van der Waals surface area contributed by atoms with Crippen LogP contribution in [0, 0.1) is 11.3 Å². The monoisotopic (exact) mass is 299 g/mol. The summed E-state index contributed by atoms with van der Waals surface area (Å²) in [5.74, 6) is -1.23. The van der Waals surface area contributed by atoms with Gasteiger partial charge in [0.1, 0.15) is 0 Å². The minimum Gasteiger partial charge on any atom is -0.545 e. The third-order valence-electron chi connectivity index (χ3n) is 3.44. The van der Waals surface area contributed by atoms with Crippen molar-refractivity contribution in [1.29, 1.82) is 5.26 Å². The van der Waals surface area contributed by atoms with Crippen molar-refractivity contribution < 1.29 is 9.90 Å². The number of benzene rings is 2. The Bertz CT molecular complexity index is 951. The highest BCUT2D eigenvalue weighted by atomic mass is 16.4. The zero-order valence-corrected chi connectivity index (χ0v) is 12.1. The lowest BCUT2D eigenvalue weighted by molar-refractivity contribution is -0.254. The highest BCUT2D eigenvalue weighted by Gasteiger charge is 2.04. The number of carbonyl (C=O) groups is 1. The highest BCUT2D eigenvalue weighted by molar-refractivity contribution is 6.02. The molecule has 23 heavy (non-hydrogen) atoms. The van der Waals surface area contributed by atoms with Gasteiger partial charge in [0.25, 0.3) is 0 Å². The third-order valence-corrected chi connectivity index (χ3v) is 3.44. The Hall–Kier alpha value is -3.45. The number of rotatable bonds is 3. The normalized spacial score (nSPS) is 10.7. The van der Waals surface area contributed by atoms with Gasteiger partial charge in [-0.15, -0.1) is 0 Å². The number of para-hydroxylation sites is 1. The van der Waals surface area contributed by atoms with Crippen molar-refractivity contribution in [1.82, 2.24) is 4.98 Å². The lowest BCUT2D eigenvalue weighted by Crippen LogP contribution is -2.22. The second-order valence-corrected chi connectivity index (χ2v) is 4.97. The lowest BCUT2D eigenvalue weighted by Gasteiger charge is -2.08. The molecule has 0 bridgehead atoms. The molecular formula is C19H11N2O2-. The number of carboxylic acids is 1. The zero-order chi connectivity index (χ0) is 16.2. The molecule has 4 nitrogen and oxygen atoms in total. The van der Waals surface area contributed by atoms with Gasteiger partial charge in [0, 0.05) is 10.9 Å². The maximum atomic E-state index is 11.3. The summed E-state index contributed by atoms with van der Waals surface area (Å²) >= 11 is 0. The number of fused-ring (bicyclic) bond motifs is 1. The van der Waals surface area contributed by atoms with Gasteiger partial charge in [0.2, 0.25) is 0 Å². The van der Waals surface area contributed by atoms with E-state index in [4.69, 9.17) is 5.26 Å². The van der Waals surface area contributed by atoms with Gasteiger partial charge >= 0.3 is 0 Å². The van der Waals surface area contributed by atoms with Crippen LogP contribution in [0.5, 0.6) is 0 Å². The number of hydrogen-bond donors (Lipinski definition) is 0. The molecule has 0 N–H and O–H groups in total. The Balaban J connectivity index is 2.01. The van der Waals surface area contributed by atoms with E-state index in [2.05, 4.69) is 11.1 Å². The first-order valence-electron chi connectivity index (χ1n) is 6.97. The quantitative estimate of drug-likeness (QED) is 0.745. The highest BCUT2D eigenvalue weighted by Crippen LogP contribution is 2.19. The van der Waals surface area contributed by atoms with Crippen LogP contribution in [0.1, 0.15) is 27.2 Å². The number of aromatic nitrogens is 1. The van der Waals surface area contributed by atoms with E-state index in [1.165, 1.54) is 6.07 Å². The fraction of sp³-hybridized carbons (Fsp3) is 0. The van der Waals surface area contributed by atoms with Gasteiger partial charge < -0.3 is 9.90 Å². The fourth-order valence-electron chi connectivity index (χ4n) is 2.30. The molecule has 1 heterocycles. The SMILES string of the molecule is N#Cc1ccc(/C=C/c2cc(C(=O)[O-])c3ccccc3n2)cc1. The second-order valence-electron chi connectivity index (χ2n) is 4.97. The molecule has 4 heteroatoms. The fourth-order valence-corrected chi connectivity index (χ4v) is 2.30. The average Bonchev–Trinajstić information content (AvgIpc) is 2.59. The summed E-state index contributed by atoms with van der Waals surface area (Å²) < 4.78 is 0. The smallest absolute Gasteiger partial charge is 0.0991 e. The number of aromatic carboxylic acids is 1. The summed E-state index contributed by atoms with van der Waals surface area (Å²) in [7, 11) is 0. The summed E-state index contributed by atoms with van der Waals surface area (Å²) in [6.07, 6.45) is 3.55. The number of carboxylic acid groups (broad SMARTS) is 1. The maximum Gasteiger partial charge on any atom is 0.0991 e. The molecule has 1 aromatic heterocycles. The summed E-state index contributed by atoms with van der Waals surface area (Å²) in [6.45, 7) is 0. The Morgan fingerprint density at radius 1 is 1.09 bits per heavy atom. The molecule has 0 fully saturated rings. The summed E-state index contributed by atoms with van der Waals surface area (Å²) in [5, 5.41) is 20.7. The van der Waals surface area contributed by atoms with E-state index < -0.39 is 5.97 Å². The number of carbonyl (C=O) groups excluding carboxylic acids is 1. The van der Waals surface area contributed by atoms with Crippen molar-refractivity contribution >= 4 is 29.0 Å². The average molecular weight is 299 g/mol. The van der Waals surface area contributed by atoms with Gasteiger partial charge in [-0.05, 0) is 35.9 Å². The third kappa shape index (κ3) is 3.09. The van der Waals surface area contributed by atoms with Gasteiger partial charge in [-0.2, -0.15) is 5.26 Å². The van der Waals surface area contributed by atoms with Crippen LogP contribution >= 0.6 is 0 Å². The zero-order valence-electron chi connectivity index (χ0n) is 12.1. The van der Waals surface area contributed by atoms with E-state index in [0.29, 0.717) is 22.2 Å². The number of hydrogen-bond acceptors (Lipinski definition) is 4. The van der Waals surface area contributed by atoms with Crippen LogP contribution in [0.2, 0.25) is 0 Å². The van der Waals surface area contributed by atoms with Crippen molar-refractivity contribution in [2.75, 3.05) is 0 Å². The topological polar surface area (TPSA) is 76.8 Å². The van der Waals surface area contributed by atoms with E-state index in [0.717, 1.165) is 5.56 Å². The van der Waals surface area contributed by atoms with E-state index in [1.54, 1.807) is 36.4 Å². The van der Waals surface area contributed by atoms with Crippen LogP contribution in [0.3, 0.4) is 0 Å². The van der Waals surface area contributed by atoms with Crippen LogP contribution in [0.25, 0.3) is 23.1 Å². The molecule has 0 saturated carbocycles. The minimum absolute atomic E-state index is 0.120. The van der Waals surface area contributed by atoms with Crippen LogP contribution in [0.15, 0.2) is 54.6 Å². The Morgan fingerprint density at radius 3 is 2.52 bits per heavy atom. The van der Waals surface area contributed by atoms with Crippen LogP contribution in [0.4, 0.5) is 0 Å². The predicted molar refractivity (Wildman–Crippen MR) is 86.2 cm³/mol. The van der Waals surface area contributed by atoms with Crippen LogP contribution in [-0.2, 0) is 0 Å². The Kier molecular flexibility index (Phi) is 3.86. The molecule has 0 atom stereocenters. The first kappa shape index (κ1) is 14.5. The molecule has 0 amide bonds. The Labute approximate surface area is 133 Å². The molecule has 2 aromatic carbocycles. The van der Waals surface area contributed by atoms with Gasteiger partial charge in [-0.25, -0.2) is 4.98 Å². The van der Waals surface area contributed by atoms with Crippen LogP contribution in [-0.4, -0.2) is 11.0 Å². The molecule has 0 aliphatic carbocycles. The van der Waals surface area contributed by atoms with Gasteiger partial charge in [0.05, 0.1) is 28.8 Å². The predicted octanol–water partition coefficient (Wildman–Crippen LogP) is 2.64.